The Labute approximate surface area is 110 Å². The average Bonchev–Trinajstić information content (AvgIpc) is 2.79. The van der Waals surface area contributed by atoms with Crippen molar-refractivity contribution in [2.45, 2.75) is 13.8 Å². The van der Waals surface area contributed by atoms with Crippen molar-refractivity contribution in [1.82, 2.24) is 4.98 Å². The van der Waals surface area contributed by atoms with Crippen LogP contribution in [0.1, 0.15) is 11.1 Å². The summed E-state index contributed by atoms with van der Waals surface area (Å²) < 4.78 is 5.85. The highest BCUT2D eigenvalue weighted by molar-refractivity contribution is 6.30. The molecule has 0 fully saturated rings. The standard InChI is InChI=1S/C15H12ClNO/c1-9-6-7-13-14(10(9)2)18-15(17-13)11-4-3-5-12(16)8-11/h3-8H,1-2H3. The van der Waals surface area contributed by atoms with Crippen molar-refractivity contribution >= 4 is 22.7 Å². The lowest BCUT2D eigenvalue weighted by atomic mass is 10.1. The van der Waals surface area contributed by atoms with Crippen molar-refractivity contribution in [3.63, 3.8) is 0 Å². The third-order valence-electron chi connectivity index (χ3n) is 3.15. The second kappa shape index (κ2) is 4.14. The van der Waals surface area contributed by atoms with Gasteiger partial charge < -0.3 is 4.42 Å². The molecule has 0 saturated heterocycles. The smallest absolute Gasteiger partial charge is 0.227 e. The SMILES string of the molecule is Cc1ccc2nc(-c3cccc(Cl)c3)oc2c1C. The number of nitrogens with zero attached hydrogens (tertiary/aromatic N) is 1. The first-order valence-corrected chi connectivity index (χ1v) is 6.15. The third-order valence-corrected chi connectivity index (χ3v) is 3.38. The van der Waals surface area contributed by atoms with Crippen molar-refractivity contribution in [3.05, 3.63) is 52.5 Å². The van der Waals surface area contributed by atoms with Crippen LogP contribution >= 0.6 is 11.6 Å². The van der Waals surface area contributed by atoms with Crippen LogP contribution in [0.15, 0.2) is 40.8 Å². The minimum Gasteiger partial charge on any atom is -0.436 e. The molecule has 0 N–H and O–H groups in total. The molecule has 3 heteroatoms. The van der Waals surface area contributed by atoms with Gasteiger partial charge in [-0.2, -0.15) is 0 Å². The van der Waals surface area contributed by atoms with Crippen LogP contribution < -0.4 is 0 Å². The molecular formula is C15H12ClNO. The molecule has 1 heterocycles. The van der Waals surface area contributed by atoms with Crippen molar-refractivity contribution in [3.8, 4) is 11.5 Å². The number of benzene rings is 2. The lowest BCUT2D eigenvalue weighted by Gasteiger charge is -1.97. The van der Waals surface area contributed by atoms with Gasteiger partial charge in [-0.3, -0.25) is 0 Å². The number of hydrogen-bond donors (Lipinski definition) is 0. The fourth-order valence-corrected chi connectivity index (χ4v) is 2.16. The van der Waals surface area contributed by atoms with Gasteiger partial charge in [-0.15, -0.1) is 0 Å². The first-order chi connectivity index (χ1) is 8.65. The molecule has 0 spiro atoms. The highest BCUT2D eigenvalue weighted by Crippen LogP contribution is 2.28. The van der Waals surface area contributed by atoms with Crippen LogP contribution in [0.4, 0.5) is 0 Å². The molecule has 2 aromatic carbocycles. The van der Waals surface area contributed by atoms with Gasteiger partial charge in [-0.1, -0.05) is 23.7 Å². The van der Waals surface area contributed by atoms with E-state index in [0.717, 1.165) is 22.2 Å². The zero-order chi connectivity index (χ0) is 12.7. The van der Waals surface area contributed by atoms with Gasteiger partial charge in [0.15, 0.2) is 5.58 Å². The molecule has 3 rings (SSSR count). The molecule has 0 radical (unpaired) electrons. The Morgan fingerprint density at radius 3 is 2.72 bits per heavy atom. The fourth-order valence-electron chi connectivity index (χ4n) is 1.97. The Morgan fingerprint density at radius 1 is 1.11 bits per heavy atom. The maximum absolute atomic E-state index is 5.98. The van der Waals surface area contributed by atoms with E-state index in [1.54, 1.807) is 0 Å². The summed E-state index contributed by atoms with van der Waals surface area (Å²) in [5, 5.41) is 0.683. The van der Waals surface area contributed by atoms with Gasteiger partial charge >= 0.3 is 0 Å². The molecule has 0 atom stereocenters. The van der Waals surface area contributed by atoms with Crippen LogP contribution in [0.2, 0.25) is 5.02 Å². The third kappa shape index (κ3) is 1.79. The molecule has 18 heavy (non-hydrogen) atoms. The Morgan fingerprint density at radius 2 is 1.94 bits per heavy atom. The number of aryl methyl sites for hydroxylation is 2. The normalized spacial score (nSPS) is 11.1. The fraction of sp³-hybridized carbons (Fsp3) is 0.133. The predicted octanol–water partition coefficient (Wildman–Crippen LogP) is 4.77. The summed E-state index contributed by atoms with van der Waals surface area (Å²) >= 11 is 5.98. The predicted molar refractivity (Wildman–Crippen MR) is 73.9 cm³/mol. The summed E-state index contributed by atoms with van der Waals surface area (Å²) in [6, 6.07) is 11.6. The van der Waals surface area contributed by atoms with Crippen LogP contribution in [-0.2, 0) is 0 Å². The van der Waals surface area contributed by atoms with Gasteiger partial charge in [0.1, 0.15) is 5.52 Å². The van der Waals surface area contributed by atoms with E-state index in [-0.39, 0.29) is 0 Å². The van der Waals surface area contributed by atoms with Gasteiger partial charge in [-0.25, -0.2) is 4.98 Å². The Balaban J connectivity index is 2.23. The molecule has 1 aromatic heterocycles. The summed E-state index contributed by atoms with van der Waals surface area (Å²) in [6.07, 6.45) is 0. The molecular weight excluding hydrogens is 246 g/mol. The van der Waals surface area contributed by atoms with Crippen molar-refractivity contribution in [2.75, 3.05) is 0 Å². The van der Waals surface area contributed by atoms with E-state index in [2.05, 4.69) is 18.0 Å². The molecule has 2 nitrogen and oxygen atoms in total. The first-order valence-electron chi connectivity index (χ1n) is 5.78. The summed E-state index contributed by atoms with van der Waals surface area (Å²) in [6.45, 7) is 4.11. The lowest BCUT2D eigenvalue weighted by Crippen LogP contribution is -1.79. The molecule has 0 aliphatic carbocycles. The summed E-state index contributed by atoms with van der Waals surface area (Å²) in [4.78, 5) is 4.50. The Kier molecular flexibility index (Phi) is 2.60. The van der Waals surface area contributed by atoms with E-state index in [0.29, 0.717) is 10.9 Å². The number of oxazole rings is 1. The average molecular weight is 258 g/mol. The maximum atomic E-state index is 5.98. The molecule has 0 unspecified atom stereocenters. The van der Waals surface area contributed by atoms with Gasteiger partial charge in [0.25, 0.3) is 0 Å². The number of fused-ring (bicyclic) bond motifs is 1. The van der Waals surface area contributed by atoms with Crippen LogP contribution in [0.5, 0.6) is 0 Å². The van der Waals surface area contributed by atoms with Crippen molar-refractivity contribution in [2.24, 2.45) is 0 Å². The van der Waals surface area contributed by atoms with Crippen molar-refractivity contribution < 1.29 is 4.42 Å². The quantitative estimate of drug-likeness (QED) is 0.628. The van der Waals surface area contributed by atoms with Gasteiger partial charge in [-0.05, 0) is 49.2 Å². The van der Waals surface area contributed by atoms with Crippen molar-refractivity contribution in [1.29, 1.82) is 0 Å². The summed E-state index contributed by atoms with van der Waals surface area (Å²) in [5.41, 5.74) is 4.97. The summed E-state index contributed by atoms with van der Waals surface area (Å²) in [5.74, 6) is 0.612. The van der Waals surface area contributed by atoms with E-state index in [1.165, 1.54) is 5.56 Å². The highest BCUT2D eigenvalue weighted by atomic mass is 35.5. The molecule has 0 amide bonds. The van der Waals surface area contributed by atoms with Crippen LogP contribution in [0.25, 0.3) is 22.6 Å². The summed E-state index contributed by atoms with van der Waals surface area (Å²) in [7, 11) is 0. The van der Waals surface area contributed by atoms with E-state index >= 15 is 0 Å². The minimum absolute atomic E-state index is 0.612. The largest absolute Gasteiger partial charge is 0.436 e. The molecule has 0 saturated carbocycles. The van der Waals surface area contributed by atoms with Gasteiger partial charge in [0.05, 0.1) is 0 Å². The Bertz CT molecular complexity index is 730. The minimum atomic E-state index is 0.612. The molecule has 3 aromatic rings. The number of rotatable bonds is 1. The molecule has 90 valence electrons. The van der Waals surface area contributed by atoms with Crippen LogP contribution in [0.3, 0.4) is 0 Å². The van der Waals surface area contributed by atoms with E-state index < -0.39 is 0 Å². The monoisotopic (exact) mass is 257 g/mol. The second-order valence-corrected chi connectivity index (χ2v) is 4.82. The Hall–Kier alpha value is -1.80. The number of hydrogen-bond acceptors (Lipinski definition) is 2. The number of halogens is 1. The molecule has 0 aliphatic rings. The highest BCUT2D eigenvalue weighted by Gasteiger charge is 2.11. The first kappa shape index (κ1) is 11.3. The topological polar surface area (TPSA) is 26.0 Å². The van der Waals surface area contributed by atoms with E-state index in [9.17, 15) is 0 Å². The van der Waals surface area contributed by atoms with Crippen LogP contribution in [-0.4, -0.2) is 4.98 Å². The molecule has 0 bridgehead atoms. The zero-order valence-corrected chi connectivity index (χ0v) is 11.0. The lowest BCUT2D eigenvalue weighted by molar-refractivity contribution is 0.617. The zero-order valence-electron chi connectivity index (χ0n) is 10.2. The van der Waals surface area contributed by atoms with E-state index in [1.807, 2.05) is 37.3 Å². The second-order valence-electron chi connectivity index (χ2n) is 4.39. The van der Waals surface area contributed by atoms with Crippen LogP contribution in [0, 0.1) is 13.8 Å². The van der Waals surface area contributed by atoms with Gasteiger partial charge in [0, 0.05) is 10.6 Å². The number of aromatic nitrogens is 1. The van der Waals surface area contributed by atoms with E-state index in [4.69, 9.17) is 16.0 Å². The maximum Gasteiger partial charge on any atom is 0.227 e. The van der Waals surface area contributed by atoms with Gasteiger partial charge in [0.2, 0.25) is 5.89 Å². The molecule has 0 aliphatic heterocycles.